The molecule has 8 heteroatoms. The normalized spacial score (nSPS) is 15.1. The van der Waals surface area contributed by atoms with Crippen molar-refractivity contribution in [2.24, 2.45) is 0 Å². The Balaban J connectivity index is 1.50. The average Bonchev–Trinajstić information content (AvgIpc) is 3.21. The molecular formula is C17H18ClN5OS. The van der Waals surface area contributed by atoms with Gasteiger partial charge in [-0.05, 0) is 12.1 Å². The first-order valence-corrected chi connectivity index (χ1v) is 9.48. The SMILES string of the molecule is CCC(=O)N1CCN(c2nn3cc(-c4ccc(Cl)cc4)nc3s2)CC1. The molecule has 0 spiro atoms. The Kier molecular flexibility index (Phi) is 4.35. The van der Waals surface area contributed by atoms with Gasteiger partial charge < -0.3 is 9.80 Å². The number of amides is 1. The molecule has 0 atom stereocenters. The van der Waals surface area contributed by atoms with Gasteiger partial charge in [-0.25, -0.2) is 9.50 Å². The summed E-state index contributed by atoms with van der Waals surface area (Å²) in [4.78, 5) is 21.5. The first kappa shape index (κ1) is 16.4. The molecule has 3 heterocycles. The van der Waals surface area contributed by atoms with Gasteiger partial charge in [0.2, 0.25) is 16.0 Å². The van der Waals surface area contributed by atoms with E-state index in [-0.39, 0.29) is 5.91 Å². The summed E-state index contributed by atoms with van der Waals surface area (Å²) >= 11 is 7.51. The summed E-state index contributed by atoms with van der Waals surface area (Å²) in [7, 11) is 0. The first-order valence-electron chi connectivity index (χ1n) is 8.29. The summed E-state index contributed by atoms with van der Waals surface area (Å²) in [5.41, 5.74) is 1.91. The Morgan fingerprint density at radius 1 is 1.20 bits per heavy atom. The van der Waals surface area contributed by atoms with E-state index in [0.29, 0.717) is 11.4 Å². The molecule has 130 valence electrons. The zero-order chi connectivity index (χ0) is 17.4. The minimum Gasteiger partial charge on any atom is -0.343 e. The molecule has 3 aromatic rings. The van der Waals surface area contributed by atoms with E-state index in [2.05, 4.69) is 15.0 Å². The van der Waals surface area contributed by atoms with E-state index in [9.17, 15) is 4.79 Å². The first-order chi connectivity index (χ1) is 12.1. The quantitative estimate of drug-likeness (QED) is 0.705. The van der Waals surface area contributed by atoms with Crippen molar-refractivity contribution in [3.8, 4) is 11.3 Å². The number of imidazole rings is 1. The molecule has 1 aliphatic rings. The Morgan fingerprint density at radius 2 is 1.92 bits per heavy atom. The van der Waals surface area contributed by atoms with Crippen molar-refractivity contribution in [1.82, 2.24) is 19.5 Å². The standard InChI is InChI=1S/C17H18ClN5OS/c1-2-15(24)21-7-9-22(10-8-21)17-20-23-11-14(19-16(23)25-17)12-3-5-13(18)6-4-12/h3-6,11H,2,7-10H2,1H3. The zero-order valence-electron chi connectivity index (χ0n) is 13.9. The summed E-state index contributed by atoms with van der Waals surface area (Å²) in [6.07, 6.45) is 2.51. The van der Waals surface area contributed by atoms with Crippen molar-refractivity contribution in [3.05, 3.63) is 35.5 Å². The van der Waals surface area contributed by atoms with Crippen molar-refractivity contribution < 1.29 is 4.79 Å². The number of anilines is 1. The summed E-state index contributed by atoms with van der Waals surface area (Å²) in [5, 5.41) is 6.33. The summed E-state index contributed by atoms with van der Waals surface area (Å²) in [5.74, 6) is 0.223. The second-order valence-corrected chi connectivity index (χ2v) is 7.34. The highest BCUT2D eigenvalue weighted by atomic mass is 35.5. The maximum Gasteiger partial charge on any atom is 0.222 e. The molecular weight excluding hydrogens is 358 g/mol. The molecule has 6 nitrogen and oxygen atoms in total. The van der Waals surface area contributed by atoms with Crippen LogP contribution in [0.2, 0.25) is 5.02 Å². The van der Waals surface area contributed by atoms with Gasteiger partial charge >= 0.3 is 0 Å². The molecule has 0 radical (unpaired) electrons. The van der Waals surface area contributed by atoms with Gasteiger partial charge in [0.05, 0.1) is 11.9 Å². The third-order valence-electron chi connectivity index (χ3n) is 4.38. The van der Waals surface area contributed by atoms with Crippen LogP contribution in [0.1, 0.15) is 13.3 Å². The predicted molar refractivity (Wildman–Crippen MR) is 100 cm³/mol. The summed E-state index contributed by atoms with van der Waals surface area (Å²) < 4.78 is 1.83. The topological polar surface area (TPSA) is 53.7 Å². The van der Waals surface area contributed by atoms with Crippen LogP contribution in [0.4, 0.5) is 5.13 Å². The number of aromatic nitrogens is 3. The lowest BCUT2D eigenvalue weighted by atomic mass is 10.2. The van der Waals surface area contributed by atoms with Crippen molar-refractivity contribution in [1.29, 1.82) is 0 Å². The number of rotatable bonds is 3. The minimum atomic E-state index is 0.223. The molecule has 1 amide bonds. The van der Waals surface area contributed by atoms with Gasteiger partial charge in [-0.2, -0.15) is 0 Å². The number of hydrogen-bond donors (Lipinski definition) is 0. The molecule has 1 aliphatic heterocycles. The third kappa shape index (κ3) is 3.21. The molecule has 0 unspecified atom stereocenters. The van der Waals surface area contributed by atoms with E-state index in [0.717, 1.165) is 47.5 Å². The number of benzene rings is 1. The number of nitrogens with zero attached hydrogens (tertiary/aromatic N) is 5. The number of piperazine rings is 1. The van der Waals surface area contributed by atoms with Crippen LogP contribution in [0, 0.1) is 0 Å². The molecule has 1 saturated heterocycles. The number of carbonyl (C=O) groups is 1. The predicted octanol–water partition coefficient (Wildman–Crippen LogP) is 3.17. The lowest BCUT2D eigenvalue weighted by Crippen LogP contribution is -2.48. The molecule has 2 aromatic heterocycles. The molecule has 1 fully saturated rings. The van der Waals surface area contributed by atoms with Crippen LogP contribution in [0.5, 0.6) is 0 Å². The molecule has 0 aliphatic carbocycles. The van der Waals surface area contributed by atoms with Crippen LogP contribution in [-0.4, -0.2) is 51.6 Å². The highest BCUT2D eigenvalue weighted by Crippen LogP contribution is 2.28. The highest BCUT2D eigenvalue weighted by molar-refractivity contribution is 7.20. The van der Waals surface area contributed by atoms with Gasteiger partial charge in [0.15, 0.2) is 0 Å². The average molecular weight is 376 g/mol. The number of fused-ring (bicyclic) bond motifs is 1. The maximum absolute atomic E-state index is 11.8. The summed E-state index contributed by atoms with van der Waals surface area (Å²) in [6, 6.07) is 7.64. The Labute approximate surface area is 154 Å². The van der Waals surface area contributed by atoms with Gasteiger partial charge in [0, 0.05) is 43.2 Å². The van der Waals surface area contributed by atoms with E-state index in [1.165, 1.54) is 0 Å². The Morgan fingerprint density at radius 3 is 2.56 bits per heavy atom. The molecule has 0 bridgehead atoms. The molecule has 25 heavy (non-hydrogen) atoms. The number of carbonyl (C=O) groups excluding carboxylic acids is 1. The Bertz CT molecular complexity index is 864. The van der Waals surface area contributed by atoms with E-state index in [1.807, 2.05) is 46.8 Å². The van der Waals surface area contributed by atoms with E-state index < -0.39 is 0 Å². The van der Waals surface area contributed by atoms with Crippen molar-refractivity contribution >= 4 is 38.9 Å². The van der Waals surface area contributed by atoms with Crippen LogP contribution < -0.4 is 4.90 Å². The van der Waals surface area contributed by atoms with Gasteiger partial charge in [-0.3, -0.25) is 4.79 Å². The van der Waals surface area contributed by atoms with Crippen LogP contribution in [-0.2, 0) is 4.79 Å². The number of hydrogen-bond acceptors (Lipinski definition) is 5. The van der Waals surface area contributed by atoms with Crippen LogP contribution in [0.15, 0.2) is 30.5 Å². The Hall–Kier alpha value is -2.12. The fourth-order valence-electron chi connectivity index (χ4n) is 2.95. The second kappa shape index (κ2) is 6.65. The smallest absolute Gasteiger partial charge is 0.222 e. The van der Waals surface area contributed by atoms with E-state index in [1.54, 1.807) is 11.3 Å². The lowest BCUT2D eigenvalue weighted by molar-refractivity contribution is -0.131. The van der Waals surface area contributed by atoms with Crippen molar-refractivity contribution in [2.75, 3.05) is 31.1 Å². The molecule has 1 aromatic carbocycles. The second-order valence-electron chi connectivity index (χ2n) is 5.97. The van der Waals surface area contributed by atoms with E-state index >= 15 is 0 Å². The van der Waals surface area contributed by atoms with Crippen LogP contribution in [0.25, 0.3) is 16.2 Å². The zero-order valence-corrected chi connectivity index (χ0v) is 15.4. The molecule has 0 saturated carbocycles. The fourth-order valence-corrected chi connectivity index (χ4v) is 4.01. The molecule has 4 rings (SSSR count). The largest absolute Gasteiger partial charge is 0.343 e. The van der Waals surface area contributed by atoms with Crippen molar-refractivity contribution in [3.63, 3.8) is 0 Å². The molecule has 0 N–H and O–H groups in total. The highest BCUT2D eigenvalue weighted by Gasteiger charge is 2.22. The van der Waals surface area contributed by atoms with Gasteiger partial charge in [0.1, 0.15) is 0 Å². The van der Waals surface area contributed by atoms with Crippen molar-refractivity contribution in [2.45, 2.75) is 13.3 Å². The monoisotopic (exact) mass is 375 g/mol. The lowest BCUT2D eigenvalue weighted by Gasteiger charge is -2.34. The van der Waals surface area contributed by atoms with Gasteiger partial charge in [-0.15, -0.1) is 5.10 Å². The fraction of sp³-hybridized carbons (Fsp3) is 0.353. The third-order valence-corrected chi connectivity index (χ3v) is 5.61. The van der Waals surface area contributed by atoms with Crippen LogP contribution >= 0.6 is 22.9 Å². The minimum absolute atomic E-state index is 0.223. The summed E-state index contributed by atoms with van der Waals surface area (Å²) in [6.45, 7) is 5.04. The maximum atomic E-state index is 11.8. The van der Waals surface area contributed by atoms with Gasteiger partial charge in [0.25, 0.3) is 0 Å². The van der Waals surface area contributed by atoms with Gasteiger partial charge in [-0.1, -0.05) is 42.0 Å². The van der Waals surface area contributed by atoms with Crippen LogP contribution in [0.3, 0.4) is 0 Å². The number of halogens is 1. The van der Waals surface area contributed by atoms with E-state index in [4.69, 9.17) is 11.6 Å².